The van der Waals surface area contributed by atoms with E-state index in [0.717, 1.165) is 0 Å². The van der Waals surface area contributed by atoms with E-state index in [0.29, 0.717) is 6.42 Å². The van der Waals surface area contributed by atoms with Gasteiger partial charge in [-0.1, -0.05) is 6.92 Å². The minimum Gasteiger partial charge on any atom is -0.447 e. The fourth-order valence-corrected chi connectivity index (χ4v) is 2.30. The highest BCUT2D eigenvalue weighted by Crippen LogP contribution is 2.37. The number of alkyl halides is 2. The molecule has 3 unspecified atom stereocenters. The molecule has 0 aliphatic rings. The molecule has 0 heterocycles. The van der Waals surface area contributed by atoms with Gasteiger partial charge < -0.3 is 24.3 Å². The number of ether oxygens (including phenoxy) is 4. The molecule has 8 heteroatoms. The highest BCUT2D eigenvalue weighted by Gasteiger charge is 2.46. The number of hydrogen-bond acceptors (Lipinski definition) is 5. The van der Waals surface area contributed by atoms with Gasteiger partial charge in [0.1, 0.15) is 24.6 Å². The number of halogens is 2. The number of carbonyl (C=O) groups excluding carboxylic acids is 1. The van der Waals surface area contributed by atoms with Gasteiger partial charge in [0.25, 0.3) is 0 Å². The largest absolute Gasteiger partial charge is 0.447 e. The highest BCUT2D eigenvalue weighted by atomic mass is 19.1. The van der Waals surface area contributed by atoms with E-state index in [2.05, 4.69) is 5.32 Å². The third-order valence-electron chi connectivity index (χ3n) is 4.75. The lowest BCUT2D eigenvalue weighted by molar-refractivity contribution is -0.189. The predicted molar refractivity (Wildman–Crippen MR) is 101 cm³/mol. The Hall–Kier alpha value is -0.990. The summed E-state index contributed by atoms with van der Waals surface area (Å²) < 4.78 is 50.4. The van der Waals surface area contributed by atoms with E-state index in [9.17, 15) is 9.18 Å². The molecule has 27 heavy (non-hydrogen) atoms. The van der Waals surface area contributed by atoms with Crippen LogP contribution in [0.5, 0.6) is 0 Å². The molecular formula is C19H37F2NO5. The van der Waals surface area contributed by atoms with Crippen molar-refractivity contribution in [1.82, 2.24) is 5.32 Å². The summed E-state index contributed by atoms with van der Waals surface area (Å²) in [5, 5.41) is 2.30. The minimum atomic E-state index is -1.66. The van der Waals surface area contributed by atoms with Crippen LogP contribution >= 0.6 is 0 Å². The summed E-state index contributed by atoms with van der Waals surface area (Å²) in [6.07, 6.45) is 0.00832. The number of rotatable bonds is 14. The van der Waals surface area contributed by atoms with Crippen molar-refractivity contribution in [1.29, 1.82) is 0 Å². The van der Waals surface area contributed by atoms with Crippen molar-refractivity contribution in [2.45, 2.75) is 77.4 Å². The SMILES string of the molecule is CCC(C)(OCC(C)(CF)OCCOC(=O)NC)C(C)(F)CCOC(C)C. The van der Waals surface area contributed by atoms with Crippen LogP contribution in [0.1, 0.15) is 54.4 Å². The molecule has 0 saturated heterocycles. The van der Waals surface area contributed by atoms with Crippen LogP contribution in [-0.4, -0.2) is 69.2 Å². The smallest absolute Gasteiger partial charge is 0.406 e. The van der Waals surface area contributed by atoms with E-state index in [4.69, 9.17) is 18.9 Å². The fraction of sp³-hybridized carbons (Fsp3) is 0.947. The molecule has 0 saturated carbocycles. The summed E-state index contributed by atoms with van der Waals surface area (Å²) in [7, 11) is 1.44. The molecular weight excluding hydrogens is 360 g/mol. The van der Waals surface area contributed by atoms with Crippen molar-refractivity contribution >= 4 is 6.09 Å². The molecule has 6 nitrogen and oxygen atoms in total. The zero-order chi connectivity index (χ0) is 21.1. The molecule has 162 valence electrons. The van der Waals surface area contributed by atoms with Gasteiger partial charge in [0.15, 0.2) is 0 Å². The molecule has 3 atom stereocenters. The Bertz CT molecular complexity index is 436. The standard InChI is InChI=1S/C19H37F2NO5/c1-8-19(6,18(5,21)9-10-24-15(2)3)27-14-17(4,13-20)26-12-11-25-16(23)22-7/h15H,8-14H2,1-7H3,(H,22,23). The van der Waals surface area contributed by atoms with Gasteiger partial charge in [-0.2, -0.15) is 0 Å². The number of alkyl carbamates (subject to hydrolysis) is 1. The van der Waals surface area contributed by atoms with Gasteiger partial charge in [0.05, 0.1) is 31.5 Å². The van der Waals surface area contributed by atoms with E-state index in [1.165, 1.54) is 14.0 Å². The number of carbonyl (C=O) groups is 1. The minimum absolute atomic E-state index is 0.00909. The van der Waals surface area contributed by atoms with Gasteiger partial charge in [0.2, 0.25) is 0 Å². The van der Waals surface area contributed by atoms with E-state index in [1.54, 1.807) is 13.8 Å². The Balaban J connectivity index is 4.72. The van der Waals surface area contributed by atoms with Gasteiger partial charge in [-0.3, -0.25) is 0 Å². The maximum absolute atomic E-state index is 15.3. The topological polar surface area (TPSA) is 66.0 Å². The van der Waals surface area contributed by atoms with E-state index in [-0.39, 0.29) is 39.0 Å². The van der Waals surface area contributed by atoms with E-state index >= 15 is 4.39 Å². The first-order chi connectivity index (χ1) is 12.4. The molecule has 0 aromatic rings. The van der Waals surface area contributed by atoms with Crippen LogP contribution in [0.3, 0.4) is 0 Å². The van der Waals surface area contributed by atoms with Crippen LogP contribution in [-0.2, 0) is 18.9 Å². The second kappa shape index (κ2) is 11.8. The molecule has 0 rings (SSSR count). The van der Waals surface area contributed by atoms with Crippen LogP contribution < -0.4 is 5.32 Å². The zero-order valence-electron chi connectivity index (χ0n) is 17.8. The first-order valence-electron chi connectivity index (χ1n) is 9.44. The van der Waals surface area contributed by atoms with Crippen molar-refractivity contribution in [2.75, 3.05) is 40.1 Å². The summed E-state index contributed by atoms with van der Waals surface area (Å²) in [5.41, 5.74) is -4.03. The summed E-state index contributed by atoms with van der Waals surface area (Å²) in [6.45, 7) is 9.63. The monoisotopic (exact) mass is 397 g/mol. The third kappa shape index (κ3) is 9.17. The molecule has 1 N–H and O–H groups in total. The fourth-order valence-electron chi connectivity index (χ4n) is 2.30. The Labute approximate surface area is 162 Å². The number of amides is 1. The zero-order valence-corrected chi connectivity index (χ0v) is 17.8. The Morgan fingerprint density at radius 1 is 1.11 bits per heavy atom. The van der Waals surface area contributed by atoms with E-state index < -0.39 is 29.6 Å². The maximum Gasteiger partial charge on any atom is 0.406 e. The van der Waals surface area contributed by atoms with Crippen molar-refractivity contribution in [3.63, 3.8) is 0 Å². The Kier molecular flexibility index (Phi) is 11.3. The summed E-state index contributed by atoms with van der Waals surface area (Å²) in [6, 6.07) is 0. The number of nitrogens with one attached hydrogen (secondary N) is 1. The van der Waals surface area contributed by atoms with Crippen molar-refractivity contribution in [3.8, 4) is 0 Å². The third-order valence-corrected chi connectivity index (χ3v) is 4.75. The molecule has 0 bridgehead atoms. The molecule has 0 aliphatic heterocycles. The quantitative estimate of drug-likeness (QED) is 0.452. The highest BCUT2D eigenvalue weighted by molar-refractivity contribution is 5.66. The first kappa shape index (κ1) is 26.0. The molecule has 0 fully saturated rings. The molecule has 1 amide bonds. The molecule has 0 aliphatic carbocycles. The molecule has 0 aromatic heterocycles. The van der Waals surface area contributed by atoms with Gasteiger partial charge in [-0.05, 0) is 41.0 Å². The van der Waals surface area contributed by atoms with Gasteiger partial charge in [0, 0.05) is 13.5 Å². The lowest BCUT2D eigenvalue weighted by Crippen LogP contribution is -2.52. The van der Waals surface area contributed by atoms with Crippen LogP contribution in [0.25, 0.3) is 0 Å². The molecule has 0 radical (unpaired) electrons. The Morgan fingerprint density at radius 3 is 2.22 bits per heavy atom. The normalized spacial score (nSPS) is 18.4. The lowest BCUT2D eigenvalue weighted by atomic mass is 9.82. The van der Waals surface area contributed by atoms with Crippen LogP contribution in [0.2, 0.25) is 0 Å². The lowest BCUT2D eigenvalue weighted by Gasteiger charge is -2.42. The van der Waals surface area contributed by atoms with Gasteiger partial charge in [-0.25, -0.2) is 13.6 Å². The van der Waals surface area contributed by atoms with Crippen molar-refractivity contribution < 1.29 is 32.5 Å². The van der Waals surface area contributed by atoms with Gasteiger partial charge >= 0.3 is 6.09 Å². The van der Waals surface area contributed by atoms with Crippen molar-refractivity contribution in [2.24, 2.45) is 0 Å². The van der Waals surface area contributed by atoms with Gasteiger partial charge in [-0.15, -0.1) is 0 Å². The predicted octanol–water partition coefficient (Wildman–Crippen LogP) is 3.82. The second-order valence-corrected chi connectivity index (χ2v) is 7.56. The summed E-state index contributed by atoms with van der Waals surface area (Å²) >= 11 is 0. The average Bonchev–Trinajstić information content (AvgIpc) is 2.62. The maximum atomic E-state index is 15.3. The van der Waals surface area contributed by atoms with Crippen LogP contribution in [0, 0.1) is 0 Å². The van der Waals surface area contributed by atoms with Crippen LogP contribution in [0.15, 0.2) is 0 Å². The first-order valence-corrected chi connectivity index (χ1v) is 9.44. The second-order valence-electron chi connectivity index (χ2n) is 7.56. The summed E-state index contributed by atoms with van der Waals surface area (Å²) in [4.78, 5) is 11.0. The number of hydrogen-bond donors (Lipinski definition) is 1. The van der Waals surface area contributed by atoms with E-state index in [1.807, 2.05) is 20.8 Å². The molecule has 0 spiro atoms. The Morgan fingerprint density at radius 2 is 1.74 bits per heavy atom. The average molecular weight is 398 g/mol. The summed E-state index contributed by atoms with van der Waals surface area (Å²) in [5.74, 6) is 0. The molecule has 0 aromatic carbocycles. The van der Waals surface area contributed by atoms with Crippen LogP contribution in [0.4, 0.5) is 13.6 Å². The van der Waals surface area contributed by atoms with Crippen molar-refractivity contribution in [3.05, 3.63) is 0 Å².